The molecular weight excluding hydrogens is 190 g/mol. The van der Waals surface area contributed by atoms with Crippen molar-refractivity contribution in [2.45, 2.75) is 18.9 Å². The summed E-state index contributed by atoms with van der Waals surface area (Å²) in [5, 5.41) is 10.5. The van der Waals surface area contributed by atoms with Crippen molar-refractivity contribution >= 4 is 11.5 Å². The highest BCUT2D eigenvalue weighted by atomic mass is 16.4. The summed E-state index contributed by atoms with van der Waals surface area (Å²) in [5.74, 6) is -1.19. The van der Waals surface area contributed by atoms with Crippen molar-refractivity contribution in [1.29, 1.82) is 0 Å². The third-order valence-corrected chi connectivity index (χ3v) is 2.67. The minimum absolute atomic E-state index is 0.347. The number of carboxylic acid groups (broad SMARTS) is 1. The molecule has 1 aliphatic rings. The van der Waals surface area contributed by atoms with Gasteiger partial charge in [-0.3, -0.25) is 0 Å². The predicted molar refractivity (Wildman–Crippen MR) is 55.7 cm³/mol. The van der Waals surface area contributed by atoms with E-state index in [2.05, 4.69) is 0 Å². The number of aliphatic carboxylic acids is 1. The number of nitrogens with two attached hydrogens (primary N) is 1. The second kappa shape index (κ2) is 3.87. The topological polar surface area (TPSA) is 66.2 Å². The molecule has 0 amide bonds. The van der Waals surface area contributed by atoms with Crippen LogP contribution in [0.1, 0.15) is 17.5 Å². The van der Waals surface area contributed by atoms with E-state index >= 15 is 0 Å². The summed E-state index contributed by atoms with van der Waals surface area (Å²) >= 11 is 0. The zero-order valence-corrected chi connectivity index (χ0v) is 8.27. The number of hydrogen-bond acceptors (Lipinski definition) is 3. The van der Waals surface area contributed by atoms with Gasteiger partial charge in [-0.05, 0) is 29.5 Å². The Bertz CT molecular complexity index is 423. The Hall–Kier alpha value is -1.61. The average Bonchev–Trinajstić information content (AvgIpc) is 2.62. The molecular formula is C12H12NO2-. The standard InChI is InChI=1S/C12H13NO2/c13-11(12(14)15)7-9-6-5-8-3-1-2-4-10(8)9/h1-4,6,11H,5,7,13H2,(H,14,15)/p-1/t11-/m1/s1. The maximum absolute atomic E-state index is 10.5. The van der Waals surface area contributed by atoms with Crippen molar-refractivity contribution in [2.75, 3.05) is 0 Å². The van der Waals surface area contributed by atoms with Crippen molar-refractivity contribution in [3.63, 3.8) is 0 Å². The smallest absolute Gasteiger partial charge is 0.0585 e. The van der Waals surface area contributed by atoms with E-state index in [1.54, 1.807) is 0 Å². The summed E-state index contributed by atoms with van der Waals surface area (Å²) in [6.07, 6.45) is 3.25. The first-order valence-electron chi connectivity index (χ1n) is 4.92. The van der Waals surface area contributed by atoms with Crippen LogP contribution in [0.2, 0.25) is 0 Å². The number of carboxylic acids is 1. The fourth-order valence-corrected chi connectivity index (χ4v) is 1.87. The third kappa shape index (κ3) is 1.92. The van der Waals surface area contributed by atoms with Crippen LogP contribution in [0, 0.1) is 0 Å². The van der Waals surface area contributed by atoms with E-state index in [1.165, 1.54) is 5.56 Å². The molecule has 1 aliphatic carbocycles. The minimum Gasteiger partial charge on any atom is -0.548 e. The quantitative estimate of drug-likeness (QED) is 0.755. The molecule has 0 unspecified atom stereocenters. The van der Waals surface area contributed by atoms with E-state index in [-0.39, 0.29) is 0 Å². The lowest BCUT2D eigenvalue weighted by molar-refractivity contribution is -0.307. The zero-order valence-electron chi connectivity index (χ0n) is 8.27. The molecule has 2 rings (SSSR count). The summed E-state index contributed by atoms with van der Waals surface area (Å²) in [7, 11) is 0. The maximum Gasteiger partial charge on any atom is 0.0585 e. The van der Waals surface area contributed by atoms with Gasteiger partial charge in [0.15, 0.2) is 0 Å². The van der Waals surface area contributed by atoms with Gasteiger partial charge in [0.25, 0.3) is 0 Å². The van der Waals surface area contributed by atoms with Gasteiger partial charge in [-0.1, -0.05) is 30.3 Å². The van der Waals surface area contributed by atoms with Crippen LogP contribution in [0.25, 0.3) is 5.57 Å². The molecule has 1 aromatic carbocycles. The van der Waals surface area contributed by atoms with Crippen LogP contribution in [0.15, 0.2) is 30.3 Å². The highest BCUT2D eigenvalue weighted by Gasteiger charge is 2.15. The first-order valence-corrected chi connectivity index (χ1v) is 4.92. The SMILES string of the molecule is N[C@H](CC1=CCc2ccccc21)C(=O)[O-]. The van der Waals surface area contributed by atoms with Crippen LogP contribution in [-0.4, -0.2) is 12.0 Å². The lowest BCUT2D eigenvalue weighted by Gasteiger charge is -2.13. The van der Waals surface area contributed by atoms with E-state index < -0.39 is 12.0 Å². The van der Waals surface area contributed by atoms with Crippen LogP contribution < -0.4 is 10.8 Å². The zero-order chi connectivity index (χ0) is 10.8. The number of carbonyl (C=O) groups is 1. The van der Waals surface area contributed by atoms with E-state index in [9.17, 15) is 9.90 Å². The van der Waals surface area contributed by atoms with Gasteiger partial charge in [-0.2, -0.15) is 0 Å². The Labute approximate surface area is 88.2 Å². The lowest BCUT2D eigenvalue weighted by atomic mass is 10.0. The van der Waals surface area contributed by atoms with E-state index in [0.717, 1.165) is 17.6 Å². The van der Waals surface area contributed by atoms with Crippen LogP contribution in [0.3, 0.4) is 0 Å². The minimum atomic E-state index is -1.19. The highest BCUT2D eigenvalue weighted by molar-refractivity contribution is 5.79. The van der Waals surface area contributed by atoms with Crippen LogP contribution in [0.5, 0.6) is 0 Å². The maximum atomic E-state index is 10.5. The van der Waals surface area contributed by atoms with E-state index in [1.807, 2.05) is 30.3 Å². The lowest BCUT2D eigenvalue weighted by Crippen LogP contribution is -2.41. The van der Waals surface area contributed by atoms with Crippen LogP contribution in [-0.2, 0) is 11.2 Å². The van der Waals surface area contributed by atoms with Crippen molar-refractivity contribution in [3.05, 3.63) is 41.5 Å². The Balaban J connectivity index is 2.17. The molecule has 0 radical (unpaired) electrons. The van der Waals surface area contributed by atoms with Crippen LogP contribution >= 0.6 is 0 Å². The predicted octanol–water partition coefficient (Wildman–Crippen LogP) is 0.0934. The second-order valence-corrected chi connectivity index (χ2v) is 3.72. The summed E-state index contributed by atoms with van der Waals surface area (Å²) in [6.45, 7) is 0. The summed E-state index contributed by atoms with van der Waals surface area (Å²) in [6, 6.07) is 7.05. The first-order chi connectivity index (χ1) is 7.18. The highest BCUT2D eigenvalue weighted by Crippen LogP contribution is 2.29. The van der Waals surface area contributed by atoms with Crippen molar-refractivity contribution < 1.29 is 9.90 Å². The Morgan fingerprint density at radius 1 is 1.47 bits per heavy atom. The second-order valence-electron chi connectivity index (χ2n) is 3.72. The van der Waals surface area contributed by atoms with E-state index in [4.69, 9.17) is 5.73 Å². The Kier molecular flexibility index (Phi) is 2.56. The van der Waals surface area contributed by atoms with Crippen molar-refractivity contribution in [3.8, 4) is 0 Å². The van der Waals surface area contributed by atoms with Gasteiger partial charge >= 0.3 is 0 Å². The monoisotopic (exact) mass is 202 g/mol. The number of benzene rings is 1. The molecule has 1 aromatic rings. The fourth-order valence-electron chi connectivity index (χ4n) is 1.87. The largest absolute Gasteiger partial charge is 0.548 e. The van der Waals surface area contributed by atoms with Gasteiger partial charge in [0.2, 0.25) is 0 Å². The molecule has 0 aromatic heterocycles. The third-order valence-electron chi connectivity index (χ3n) is 2.67. The molecule has 0 fully saturated rings. The molecule has 0 heterocycles. The molecule has 0 bridgehead atoms. The normalized spacial score (nSPS) is 15.7. The summed E-state index contributed by atoms with van der Waals surface area (Å²) in [5.41, 5.74) is 8.82. The molecule has 78 valence electrons. The Morgan fingerprint density at radius 3 is 2.93 bits per heavy atom. The molecule has 2 N–H and O–H groups in total. The van der Waals surface area contributed by atoms with Crippen LogP contribution in [0.4, 0.5) is 0 Å². The Morgan fingerprint density at radius 2 is 2.20 bits per heavy atom. The molecule has 1 atom stereocenters. The molecule has 0 saturated heterocycles. The summed E-state index contributed by atoms with van der Waals surface area (Å²) < 4.78 is 0. The first kappa shape index (κ1) is 9.93. The number of rotatable bonds is 3. The molecule has 0 saturated carbocycles. The molecule has 15 heavy (non-hydrogen) atoms. The van der Waals surface area contributed by atoms with Crippen molar-refractivity contribution in [2.24, 2.45) is 5.73 Å². The van der Waals surface area contributed by atoms with Gasteiger partial charge in [0.1, 0.15) is 0 Å². The molecule has 3 nitrogen and oxygen atoms in total. The number of allylic oxidation sites excluding steroid dienone is 1. The van der Waals surface area contributed by atoms with Gasteiger partial charge in [-0.15, -0.1) is 0 Å². The van der Waals surface area contributed by atoms with E-state index in [0.29, 0.717) is 6.42 Å². The fraction of sp³-hybridized carbons (Fsp3) is 0.250. The van der Waals surface area contributed by atoms with Gasteiger partial charge in [0, 0.05) is 6.04 Å². The van der Waals surface area contributed by atoms with Crippen molar-refractivity contribution in [1.82, 2.24) is 0 Å². The molecule has 3 heteroatoms. The van der Waals surface area contributed by atoms with Gasteiger partial charge in [-0.25, -0.2) is 0 Å². The van der Waals surface area contributed by atoms with Gasteiger partial charge < -0.3 is 15.6 Å². The number of hydrogen-bond donors (Lipinski definition) is 1. The van der Waals surface area contributed by atoms with Gasteiger partial charge in [0.05, 0.1) is 5.97 Å². The molecule has 0 aliphatic heterocycles. The molecule has 0 spiro atoms. The number of fused-ring (bicyclic) bond motifs is 1. The number of carbonyl (C=O) groups excluding carboxylic acids is 1. The average molecular weight is 202 g/mol. The summed E-state index contributed by atoms with van der Waals surface area (Å²) in [4.78, 5) is 10.5.